The number of benzene rings is 1. The highest BCUT2D eigenvalue weighted by atomic mass is 35.5. The third-order valence-corrected chi connectivity index (χ3v) is 9.36. The number of anilines is 2. The van der Waals surface area contributed by atoms with E-state index in [2.05, 4.69) is 22.6 Å². The number of piperazine rings is 1. The maximum atomic E-state index is 15.5. The van der Waals surface area contributed by atoms with E-state index in [1.54, 1.807) is 24.1 Å². The highest BCUT2D eigenvalue weighted by molar-refractivity contribution is 6.41. The molecule has 1 saturated heterocycles. The quantitative estimate of drug-likeness (QED) is 0.101. The van der Waals surface area contributed by atoms with Crippen molar-refractivity contribution in [3.8, 4) is 23.0 Å². The second-order valence-corrected chi connectivity index (χ2v) is 12.9. The molecule has 47 heavy (non-hydrogen) atoms. The highest BCUT2D eigenvalue weighted by Crippen LogP contribution is 2.44. The third kappa shape index (κ3) is 5.48. The zero-order valence-electron chi connectivity index (χ0n) is 26.1. The molecule has 3 aromatic heterocycles. The van der Waals surface area contributed by atoms with E-state index in [1.807, 2.05) is 32.6 Å². The van der Waals surface area contributed by atoms with E-state index in [-0.39, 0.29) is 70.0 Å². The molecule has 0 aliphatic carbocycles. The van der Waals surface area contributed by atoms with Crippen LogP contribution >= 0.6 is 34.8 Å². The number of fused-ring (bicyclic) bond motifs is 1. The molecule has 1 amide bonds. The Balaban J connectivity index is 1.95. The van der Waals surface area contributed by atoms with Gasteiger partial charge in [-0.25, -0.2) is 13.8 Å². The van der Waals surface area contributed by atoms with E-state index in [0.717, 1.165) is 0 Å². The lowest BCUT2D eigenvalue weighted by atomic mass is 10.0. The Morgan fingerprint density at radius 2 is 1.79 bits per heavy atom. The van der Waals surface area contributed by atoms with Gasteiger partial charge in [-0.05, 0) is 50.5 Å². The van der Waals surface area contributed by atoms with Crippen LogP contribution < -0.4 is 16.2 Å². The van der Waals surface area contributed by atoms with E-state index in [9.17, 15) is 19.2 Å². The van der Waals surface area contributed by atoms with Gasteiger partial charge < -0.3 is 15.5 Å². The first-order chi connectivity index (χ1) is 22.2. The molecule has 14 heteroatoms. The lowest BCUT2D eigenvalue weighted by molar-refractivity contribution is -0.130. The number of rotatable bonds is 5. The molecule has 1 aliphatic rings. The molecule has 1 fully saturated rings. The largest absolute Gasteiger partial charge is 0.396 e. The van der Waals surface area contributed by atoms with Crippen molar-refractivity contribution in [3.63, 3.8) is 0 Å². The van der Waals surface area contributed by atoms with Gasteiger partial charge in [0.2, 0.25) is 5.91 Å². The molecule has 0 radical (unpaired) electrons. The van der Waals surface area contributed by atoms with Gasteiger partial charge in [0, 0.05) is 36.8 Å². The zero-order valence-corrected chi connectivity index (χ0v) is 28.4. The van der Waals surface area contributed by atoms with E-state index in [0.29, 0.717) is 16.9 Å². The number of nitriles is 1. The topological polar surface area (TPSA) is 121 Å². The number of nitrogens with zero attached hydrogens (tertiary/aromatic N) is 6. The monoisotopic (exact) mass is 699 g/mol. The average Bonchev–Trinajstić information content (AvgIpc) is 3.02. The molecule has 0 bridgehead atoms. The Labute approximate surface area is 284 Å². The Bertz CT molecular complexity index is 2050. The maximum absolute atomic E-state index is 15.5. The Morgan fingerprint density at radius 1 is 1.15 bits per heavy atom. The normalized spacial score (nSPS) is 16.6. The molecule has 0 spiro atoms. The van der Waals surface area contributed by atoms with Crippen molar-refractivity contribution in [2.75, 3.05) is 23.7 Å². The summed E-state index contributed by atoms with van der Waals surface area (Å²) in [4.78, 5) is 39.9. The number of aromatic nitrogens is 3. The van der Waals surface area contributed by atoms with Crippen LogP contribution in [-0.4, -0.2) is 50.5 Å². The Hall–Kier alpha value is -4.24. The fraction of sp³-hybridized carbons (Fsp3) is 0.303. The van der Waals surface area contributed by atoms with Crippen LogP contribution in [0.2, 0.25) is 15.1 Å². The molecule has 0 unspecified atom stereocenters. The molecular weight excluding hydrogens is 671 g/mol. The number of hydrogen-bond acceptors (Lipinski definition) is 7. The van der Waals surface area contributed by atoms with Gasteiger partial charge in [-0.3, -0.25) is 19.1 Å². The van der Waals surface area contributed by atoms with E-state index in [1.165, 1.54) is 16.7 Å². The number of aryl methyl sites for hydroxylation is 1. The van der Waals surface area contributed by atoms with Crippen molar-refractivity contribution in [1.82, 2.24) is 19.4 Å². The summed E-state index contributed by atoms with van der Waals surface area (Å²) in [6, 6.07) is 4.56. The minimum Gasteiger partial charge on any atom is -0.396 e. The number of pyridine rings is 3. The summed E-state index contributed by atoms with van der Waals surface area (Å²) in [5, 5.41) is 9.50. The van der Waals surface area contributed by atoms with Gasteiger partial charge in [0.1, 0.15) is 22.3 Å². The Morgan fingerprint density at radius 3 is 2.36 bits per heavy atom. The Kier molecular flexibility index (Phi) is 9.25. The molecule has 0 saturated carbocycles. The SMILES string of the molecule is C=CC(=O)N1[C@H](C)CN(c2c(C#N)c(=O)n(-c3c(C)ccnc3C(C)C)c3nc(-c4c(F)c(F)c(Cl)c(N)c4Cl)c(Cl)cc23)C[C@@H]1C. The number of halogens is 5. The van der Waals surface area contributed by atoms with Crippen molar-refractivity contribution >= 4 is 63.1 Å². The van der Waals surface area contributed by atoms with Crippen LogP contribution in [0.25, 0.3) is 28.0 Å². The van der Waals surface area contributed by atoms with Gasteiger partial charge in [-0.1, -0.05) is 55.2 Å². The number of amides is 1. The summed E-state index contributed by atoms with van der Waals surface area (Å²) in [6.07, 6.45) is 2.85. The molecule has 4 aromatic rings. The van der Waals surface area contributed by atoms with Crippen molar-refractivity contribution in [2.45, 2.75) is 52.6 Å². The molecule has 1 aliphatic heterocycles. The van der Waals surface area contributed by atoms with Gasteiger partial charge in [-0.15, -0.1) is 0 Å². The molecule has 2 N–H and O–H groups in total. The minimum absolute atomic E-state index is 0.0179. The maximum Gasteiger partial charge on any atom is 0.276 e. The van der Waals surface area contributed by atoms with Crippen molar-refractivity contribution < 1.29 is 13.6 Å². The lowest BCUT2D eigenvalue weighted by Gasteiger charge is -2.45. The first kappa shape index (κ1) is 34.1. The van der Waals surface area contributed by atoms with Gasteiger partial charge in [0.05, 0.1) is 44.1 Å². The van der Waals surface area contributed by atoms with Crippen LogP contribution in [0.4, 0.5) is 20.2 Å². The van der Waals surface area contributed by atoms with Gasteiger partial charge >= 0.3 is 0 Å². The van der Waals surface area contributed by atoms with Gasteiger partial charge in [0.25, 0.3) is 5.56 Å². The fourth-order valence-electron chi connectivity index (χ4n) is 6.27. The second-order valence-electron chi connectivity index (χ2n) is 11.8. The highest BCUT2D eigenvalue weighted by Gasteiger charge is 2.36. The predicted molar refractivity (Wildman–Crippen MR) is 182 cm³/mol. The van der Waals surface area contributed by atoms with E-state index >= 15 is 4.39 Å². The third-order valence-electron chi connectivity index (χ3n) is 8.31. The standard InChI is InChI=1S/C33H30Cl3F2N7O2/c1-7-21(46)44-16(5)12-43(13-17(44)6)31-18-10-20(34)29(22-23(35)27(40)24(36)26(38)25(22)37)42-32(18)45(33(47)19(31)11-39)30-15(4)8-9-41-28(30)14(2)3/h7-10,14,16-17H,1,12-13,40H2,2-6H3/t16-,17+. The molecule has 1 aromatic carbocycles. The fourth-order valence-corrected chi connectivity index (χ4v) is 7.01. The first-order valence-electron chi connectivity index (χ1n) is 14.6. The minimum atomic E-state index is -1.44. The van der Waals surface area contributed by atoms with Crippen LogP contribution in [0.3, 0.4) is 0 Å². The average molecular weight is 701 g/mol. The summed E-state index contributed by atoms with van der Waals surface area (Å²) in [7, 11) is 0. The second kappa shape index (κ2) is 12.8. The van der Waals surface area contributed by atoms with Crippen molar-refractivity contribution in [2.24, 2.45) is 0 Å². The van der Waals surface area contributed by atoms with Crippen molar-refractivity contribution in [3.05, 3.63) is 84.9 Å². The van der Waals surface area contributed by atoms with Gasteiger partial charge in [0.15, 0.2) is 11.6 Å². The molecule has 244 valence electrons. The summed E-state index contributed by atoms with van der Waals surface area (Å²) in [5.41, 5.74) is 5.50. The number of carbonyl (C=O) groups is 1. The molecular formula is C33H30Cl3F2N7O2. The summed E-state index contributed by atoms with van der Waals surface area (Å²) in [5.74, 6) is -3.30. The smallest absolute Gasteiger partial charge is 0.276 e. The lowest BCUT2D eigenvalue weighted by Crippen LogP contribution is -2.58. The number of nitrogens with two attached hydrogens (primary N) is 1. The number of hydrogen-bond donors (Lipinski definition) is 1. The number of carbonyl (C=O) groups excluding carboxylic acids is 1. The molecule has 9 nitrogen and oxygen atoms in total. The van der Waals surface area contributed by atoms with Crippen LogP contribution in [0.15, 0.2) is 35.8 Å². The summed E-state index contributed by atoms with van der Waals surface area (Å²) < 4.78 is 31.7. The van der Waals surface area contributed by atoms with Crippen molar-refractivity contribution in [1.29, 1.82) is 5.26 Å². The van der Waals surface area contributed by atoms with Crippen LogP contribution in [-0.2, 0) is 4.79 Å². The summed E-state index contributed by atoms with van der Waals surface area (Å²) in [6.45, 7) is 13.4. The van der Waals surface area contributed by atoms with E-state index < -0.39 is 38.5 Å². The zero-order chi connectivity index (χ0) is 34.6. The van der Waals surface area contributed by atoms with Gasteiger partial charge in [-0.2, -0.15) is 5.26 Å². The predicted octanol–water partition coefficient (Wildman–Crippen LogP) is 7.18. The van der Waals surface area contributed by atoms with Crippen LogP contribution in [0, 0.1) is 29.9 Å². The molecule has 5 rings (SSSR count). The first-order valence-corrected chi connectivity index (χ1v) is 15.8. The van der Waals surface area contributed by atoms with Crippen LogP contribution in [0.5, 0.6) is 0 Å². The summed E-state index contributed by atoms with van der Waals surface area (Å²) >= 11 is 19.1. The number of nitrogen functional groups attached to an aromatic ring is 1. The van der Waals surface area contributed by atoms with E-state index in [4.69, 9.17) is 40.5 Å². The van der Waals surface area contributed by atoms with Crippen LogP contribution in [0.1, 0.15) is 50.4 Å². The molecule has 4 heterocycles. The molecule has 2 atom stereocenters.